The Morgan fingerprint density at radius 1 is 1.36 bits per heavy atom. The molecule has 74 valence electrons. The number of rotatable bonds is 3. The molecule has 0 aromatic heterocycles. The molecule has 1 saturated carbocycles. The van der Waals surface area contributed by atoms with Crippen molar-refractivity contribution >= 4 is 6.03 Å². The lowest BCUT2D eigenvalue weighted by Gasteiger charge is -2.28. The first-order valence-electron chi connectivity index (χ1n) is 4.57. The minimum Gasteiger partial charge on any atom is -0.335 e. The largest absolute Gasteiger partial charge is 0.335 e. The first-order chi connectivity index (χ1) is 6.77. The Bertz CT molecular complexity index is 268. The summed E-state index contributed by atoms with van der Waals surface area (Å²) in [5, 5.41) is 19.6. The Morgan fingerprint density at radius 3 is 2.29 bits per heavy atom. The highest BCUT2D eigenvalue weighted by Gasteiger charge is 2.22. The molecule has 0 unspecified atom stereocenters. The van der Waals surface area contributed by atoms with Crippen molar-refractivity contribution in [3.05, 3.63) is 0 Å². The summed E-state index contributed by atoms with van der Waals surface area (Å²) in [5.74, 6) is 0. The van der Waals surface area contributed by atoms with E-state index in [-0.39, 0.29) is 25.2 Å². The first-order valence-corrected chi connectivity index (χ1v) is 4.57. The fraction of sp³-hybridized carbons (Fsp3) is 0.667. The van der Waals surface area contributed by atoms with Gasteiger partial charge in [0.2, 0.25) is 0 Å². The van der Waals surface area contributed by atoms with Crippen molar-refractivity contribution in [3.63, 3.8) is 0 Å². The van der Waals surface area contributed by atoms with Crippen molar-refractivity contribution < 1.29 is 4.79 Å². The number of amides is 2. The third kappa shape index (κ3) is 2.63. The summed E-state index contributed by atoms with van der Waals surface area (Å²) in [6.45, 7) is -0.0712. The fourth-order valence-electron chi connectivity index (χ4n) is 1.19. The topological polar surface area (TPSA) is 79.9 Å². The molecule has 5 heteroatoms. The molecule has 0 aromatic rings. The Balaban J connectivity index is 2.37. The average Bonchev–Trinajstić information content (AvgIpc) is 2.11. The molecular formula is C9H12N4O. The Hall–Kier alpha value is -1.75. The normalized spacial score (nSPS) is 14.7. The van der Waals surface area contributed by atoms with Crippen LogP contribution in [0.25, 0.3) is 0 Å². The second-order valence-electron chi connectivity index (χ2n) is 3.25. The van der Waals surface area contributed by atoms with E-state index in [1.54, 1.807) is 0 Å². The molecule has 0 bridgehead atoms. The number of hydrogen-bond acceptors (Lipinski definition) is 3. The smallest absolute Gasteiger partial charge is 0.319 e. The molecule has 0 saturated heterocycles. The Labute approximate surface area is 82.9 Å². The molecule has 1 aliphatic rings. The zero-order valence-electron chi connectivity index (χ0n) is 7.86. The molecule has 1 aliphatic carbocycles. The van der Waals surface area contributed by atoms with Crippen LogP contribution in [0, 0.1) is 22.7 Å². The Morgan fingerprint density at radius 2 is 1.93 bits per heavy atom. The van der Waals surface area contributed by atoms with Gasteiger partial charge in [-0.05, 0) is 19.3 Å². The molecule has 2 amide bonds. The lowest BCUT2D eigenvalue weighted by atomic mass is 9.93. The molecule has 1 rings (SSSR count). The molecule has 0 spiro atoms. The van der Waals surface area contributed by atoms with Crippen molar-refractivity contribution in [1.29, 1.82) is 10.5 Å². The minimum atomic E-state index is -0.308. The maximum absolute atomic E-state index is 11.4. The molecule has 0 radical (unpaired) electrons. The molecule has 0 aromatic carbocycles. The number of nitrogens with zero attached hydrogens (tertiary/aromatic N) is 3. The van der Waals surface area contributed by atoms with Crippen LogP contribution in [0.4, 0.5) is 4.79 Å². The van der Waals surface area contributed by atoms with E-state index in [2.05, 4.69) is 5.32 Å². The SMILES string of the molecule is N#CCN(CC#N)C(=O)NC1CCC1. The predicted octanol–water partition coefficient (Wildman–Crippen LogP) is 0.598. The van der Waals surface area contributed by atoms with Crippen LogP contribution in [0.1, 0.15) is 19.3 Å². The molecule has 1 N–H and O–H groups in total. The van der Waals surface area contributed by atoms with Crippen LogP contribution in [0.3, 0.4) is 0 Å². The van der Waals surface area contributed by atoms with Crippen molar-refractivity contribution in [1.82, 2.24) is 10.2 Å². The van der Waals surface area contributed by atoms with Gasteiger partial charge < -0.3 is 5.32 Å². The first kappa shape index (κ1) is 10.3. The van der Waals surface area contributed by atoms with E-state index in [1.807, 2.05) is 12.1 Å². The number of carbonyl (C=O) groups excluding carboxylic acids is 1. The zero-order chi connectivity index (χ0) is 10.4. The Kier molecular flexibility index (Phi) is 3.75. The maximum atomic E-state index is 11.4. The van der Waals surface area contributed by atoms with Crippen LogP contribution in [0.5, 0.6) is 0 Å². The van der Waals surface area contributed by atoms with Gasteiger partial charge in [-0.2, -0.15) is 10.5 Å². The van der Waals surface area contributed by atoms with Gasteiger partial charge in [0.1, 0.15) is 13.1 Å². The molecule has 14 heavy (non-hydrogen) atoms. The zero-order valence-corrected chi connectivity index (χ0v) is 7.86. The van der Waals surface area contributed by atoms with Crippen LogP contribution >= 0.6 is 0 Å². The van der Waals surface area contributed by atoms with Crippen LogP contribution in [0.15, 0.2) is 0 Å². The summed E-state index contributed by atoms with van der Waals surface area (Å²) in [4.78, 5) is 12.6. The van der Waals surface area contributed by atoms with Crippen molar-refractivity contribution in [2.24, 2.45) is 0 Å². The predicted molar refractivity (Wildman–Crippen MR) is 49.0 cm³/mol. The molecule has 5 nitrogen and oxygen atoms in total. The van der Waals surface area contributed by atoms with Gasteiger partial charge in [0, 0.05) is 6.04 Å². The number of urea groups is 1. The third-order valence-electron chi connectivity index (χ3n) is 2.24. The number of nitrogens with one attached hydrogen (secondary N) is 1. The molecular weight excluding hydrogens is 180 g/mol. The second kappa shape index (κ2) is 5.08. The summed E-state index contributed by atoms with van der Waals surface area (Å²) in [7, 11) is 0. The van der Waals surface area contributed by atoms with E-state index in [4.69, 9.17) is 10.5 Å². The second-order valence-corrected chi connectivity index (χ2v) is 3.25. The van der Waals surface area contributed by atoms with Gasteiger partial charge in [0.15, 0.2) is 0 Å². The van der Waals surface area contributed by atoms with Crippen molar-refractivity contribution in [2.45, 2.75) is 25.3 Å². The quantitative estimate of drug-likeness (QED) is 0.665. The van der Waals surface area contributed by atoms with Gasteiger partial charge in [0.25, 0.3) is 0 Å². The molecule has 0 aliphatic heterocycles. The van der Waals surface area contributed by atoms with Gasteiger partial charge in [-0.25, -0.2) is 4.79 Å². The van der Waals surface area contributed by atoms with E-state index >= 15 is 0 Å². The van der Waals surface area contributed by atoms with Crippen molar-refractivity contribution in [3.8, 4) is 12.1 Å². The van der Waals surface area contributed by atoms with E-state index in [0.717, 1.165) is 19.3 Å². The van der Waals surface area contributed by atoms with Crippen LogP contribution in [0.2, 0.25) is 0 Å². The van der Waals surface area contributed by atoms with Gasteiger partial charge in [0.05, 0.1) is 12.1 Å². The summed E-state index contributed by atoms with van der Waals surface area (Å²) >= 11 is 0. The number of nitriles is 2. The maximum Gasteiger partial charge on any atom is 0.319 e. The minimum absolute atomic E-state index is 0.0356. The highest BCUT2D eigenvalue weighted by Crippen LogP contribution is 2.18. The summed E-state index contributed by atoms with van der Waals surface area (Å²) < 4.78 is 0. The van der Waals surface area contributed by atoms with E-state index in [9.17, 15) is 4.79 Å². The highest BCUT2D eigenvalue weighted by molar-refractivity contribution is 5.75. The fourth-order valence-corrected chi connectivity index (χ4v) is 1.19. The van der Waals surface area contributed by atoms with E-state index in [0.29, 0.717) is 0 Å². The lowest BCUT2D eigenvalue weighted by Crippen LogP contribution is -2.47. The van der Waals surface area contributed by atoms with Crippen LogP contribution in [-0.2, 0) is 0 Å². The lowest BCUT2D eigenvalue weighted by molar-refractivity contribution is 0.197. The van der Waals surface area contributed by atoms with Crippen LogP contribution in [-0.4, -0.2) is 30.1 Å². The van der Waals surface area contributed by atoms with Gasteiger partial charge in [-0.1, -0.05) is 0 Å². The summed E-state index contributed by atoms with van der Waals surface area (Å²) in [6.07, 6.45) is 3.14. The van der Waals surface area contributed by atoms with Gasteiger partial charge >= 0.3 is 6.03 Å². The molecule has 1 fully saturated rings. The van der Waals surface area contributed by atoms with Crippen LogP contribution < -0.4 is 5.32 Å². The average molecular weight is 192 g/mol. The number of hydrogen-bond donors (Lipinski definition) is 1. The van der Waals surface area contributed by atoms with Gasteiger partial charge in [-0.15, -0.1) is 0 Å². The molecule has 0 heterocycles. The highest BCUT2D eigenvalue weighted by atomic mass is 16.2. The van der Waals surface area contributed by atoms with Gasteiger partial charge in [-0.3, -0.25) is 4.90 Å². The molecule has 0 atom stereocenters. The standard InChI is InChI=1S/C9H12N4O/c10-4-6-13(7-5-11)9(14)12-8-2-1-3-8/h8H,1-3,6-7H2,(H,12,14). The van der Waals surface area contributed by atoms with E-state index < -0.39 is 0 Å². The monoisotopic (exact) mass is 192 g/mol. The number of carbonyl (C=O) groups is 1. The third-order valence-corrected chi connectivity index (χ3v) is 2.24. The summed E-state index contributed by atoms with van der Waals surface area (Å²) in [6, 6.07) is 3.64. The van der Waals surface area contributed by atoms with Crippen molar-refractivity contribution in [2.75, 3.05) is 13.1 Å². The summed E-state index contributed by atoms with van der Waals surface area (Å²) in [5.41, 5.74) is 0. The van der Waals surface area contributed by atoms with E-state index in [1.165, 1.54) is 4.90 Å².